The van der Waals surface area contributed by atoms with Gasteiger partial charge in [-0.3, -0.25) is 4.68 Å². The number of alkyl halides is 3. The number of halogens is 3. The standard InChI is InChI=1S/C12H16F3N5O/c1-9-5-16-19(6-9)7-11-17-10(3-4-21-2)18-20(11)8-12(13,14)15/h5-6H,3-4,7-8H2,1-2H3. The van der Waals surface area contributed by atoms with Gasteiger partial charge in [-0.25, -0.2) is 9.67 Å². The zero-order chi connectivity index (χ0) is 15.5. The van der Waals surface area contributed by atoms with Crippen LogP contribution < -0.4 is 0 Å². The van der Waals surface area contributed by atoms with Gasteiger partial charge in [-0.05, 0) is 12.5 Å². The van der Waals surface area contributed by atoms with Crippen molar-refractivity contribution in [1.82, 2.24) is 24.5 Å². The van der Waals surface area contributed by atoms with Crippen LogP contribution >= 0.6 is 0 Å². The first-order valence-corrected chi connectivity index (χ1v) is 6.35. The van der Waals surface area contributed by atoms with Gasteiger partial charge in [0.25, 0.3) is 0 Å². The summed E-state index contributed by atoms with van der Waals surface area (Å²) in [5.74, 6) is 0.557. The number of nitrogens with zero attached hydrogens (tertiary/aromatic N) is 5. The fourth-order valence-corrected chi connectivity index (χ4v) is 1.84. The van der Waals surface area contributed by atoms with Crippen LogP contribution in [0, 0.1) is 6.92 Å². The van der Waals surface area contributed by atoms with Gasteiger partial charge in [0.1, 0.15) is 18.9 Å². The summed E-state index contributed by atoms with van der Waals surface area (Å²) in [5, 5.41) is 7.95. The van der Waals surface area contributed by atoms with Gasteiger partial charge in [-0.15, -0.1) is 0 Å². The molecule has 0 saturated carbocycles. The molecule has 21 heavy (non-hydrogen) atoms. The van der Waals surface area contributed by atoms with E-state index in [-0.39, 0.29) is 12.4 Å². The highest BCUT2D eigenvalue weighted by atomic mass is 19.4. The molecule has 2 rings (SSSR count). The first kappa shape index (κ1) is 15.5. The summed E-state index contributed by atoms with van der Waals surface area (Å²) in [5.41, 5.74) is 0.927. The molecule has 0 aromatic carbocycles. The van der Waals surface area contributed by atoms with Crippen molar-refractivity contribution in [1.29, 1.82) is 0 Å². The molecule has 0 saturated heterocycles. The maximum Gasteiger partial charge on any atom is 0.408 e. The summed E-state index contributed by atoms with van der Waals surface area (Å²) in [4.78, 5) is 4.15. The summed E-state index contributed by atoms with van der Waals surface area (Å²) in [6.45, 7) is 1.19. The maximum atomic E-state index is 12.6. The lowest BCUT2D eigenvalue weighted by Crippen LogP contribution is -2.21. The molecule has 6 nitrogen and oxygen atoms in total. The van der Waals surface area contributed by atoms with Crippen molar-refractivity contribution in [3.63, 3.8) is 0 Å². The molecule has 0 aliphatic heterocycles. The van der Waals surface area contributed by atoms with E-state index in [9.17, 15) is 13.2 Å². The predicted octanol–water partition coefficient (Wildman–Crippen LogP) is 1.58. The second-order valence-electron chi connectivity index (χ2n) is 4.68. The van der Waals surface area contributed by atoms with Crippen molar-refractivity contribution >= 4 is 0 Å². The van der Waals surface area contributed by atoms with Crippen molar-refractivity contribution in [2.45, 2.75) is 32.6 Å². The largest absolute Gasteiger partial charge is 0.408 e. The van der Waals surface area contributed by atoms with Crippen molar-refractivity contribution in [2.75, 3.05) is 13.7 Å². The number of hydrogen-bond acceptors (Lipinski definition) is 4. The zero-order valence-corrected chi connectivity index (χ0v) is 11.8. The second kappa shape index (κ2) is 6.25. The van der Waals surface area contributed by atoms with Crippen LogP contribution in [0.1, 0.15) is 17.2 Å². The zero-order valence-electron chi connectivity index (χ0n) is 11.8. The molecular weight excluding hydrogens is 287 g/mol. The van der Waals surface area contributed by atoms with Crippen LogP contribution in [0.25, 0.3) is 0 Å². The Bertz CT molecular complexity index is 590. The highest BCUT2D eigenvalue weighted by molar-refractivity contribution is 5.02. The molecule has 2 aromatic heterocycles. The summed E-state index contributed by atoms with van der Waals surface area (Å²) in [6, 6.07) is 0. The Labute approximate surface area is 119 Å². The maximum absolute atomic E-state index is 12.6. The molecule has 0 aliphatic rings. The van der Waals surface area contributed by atoms with Crippen molar-refractivity contribution < 1.29 is 17.9 Å². The molecule has 2 heterocycles. The van der Waals surface area contributed by atoms with Crippen molar-refractivity contribution in [3.8, 4) is 0 Å². The van der Waals surface area contributed by atoms with E-state index < -0.39 is 12.7 Å². The molecule has 116 valence electrons. The topological polar surface area (TPSA) is 57.8 Å². The van der Waals surface area contributed by atoms with E-state index in [2.05, 4.69) is 15.2 Å². The number of aryl methyl sites for hydroxylation is 1. The fraction of sp³-hybridized carbons (Fsp3) is 0.583. The number of hydrogen-bond donors (Lipinski definition) is 0. The molecule has 0 radical (unpaired) electrons. The van der Waals surface area contributed by atoms with Crippen LogP contribution in [0.15, 0.2) is 12.4 Å². The minimum absolute atomic E-state index is 0.143. The predicted molar refractivity (Wildman–Crippen MR) is 67.7 cm³/mol. The van der Waals surface area contributed by atoms with Crippen molar-refractivity contribution in [2.24, 2.45) is 0 Å². The summed E-state index contributed by atoms with van der Waals surface area (Å²) in [6.07, 6.45) is -0.606. The number of rotatable bonds is 6. The highest BCUT2D eigenvalue weighted by Crippen LogP contribution is 2.18. The van der Waals surface area contributed by atoms with Crippen molar-refractivity contribution in [3.05, 3.63) is 29.6 Å². The van der Waals surface area contributed by atoms with E-state index >= 15 is 0 Å². The normalized spacial score (nSPS) is 12.0. The highest BCUT2D eigenvalue weighted by Gasteiger charge is 2.30. The van der Waals surface area contributed by atoms with Gasteiger partial charge in [0.2, 0.25) is 0 Å². The van der Waals surface area contributed by atoms with E-state index in [4.69, 9.17) is 4.74 Å². The van der Waals surface area contributed by atoms with E-state index in [1.807, 2.05) is 6.92 Å². The van der Waals surface area contributed by atoms with Crippen LogP contribution in [0.2, 0.25) is 0 Å². The van der Waals surface area contributed by atoms with E-state index in [1.54, 1.807) is 12.4 Å². The minimum atomic E-state index is -4.35. The molecule has 0 spiro atoms. The lowest BCUT2D eigenvalue weighted by atomic mass is 10.4. The Morgan fingerprint density at radius 2 is 2.10 bits per heavy atom. The summed E-state index contributed by atoms with van der Waals surface area (Å²) >= 11 is 0. The Hall–Kier alpha value is -1.90. The quantitative estimate of drug-likeness (QED) is 0.813. The van der Waals surface area contributed by atoms with Gasteiger partial charge in [-0.1, -0.05) is 0 Å². The number of aromatic nitrogens is 5. The lowest BCUT2D eigenvalue weighted by molar-refractivity contribution is -0.143. The third kappa shape index (κ3) is 4.55. The molecule has 0 aliphatic carbocycles. The Kier molecular flexibility index (Phi) is 4.61. The van der Waals surface area contributed by atoms with Gasteiger partial charge in [0, 0.05) is 19.7 Å². The van der Waals surface area contributed by atoms with Crippen LogP contribution in [0.4, 0.5) is 13.2 Å². The molecule has 0 N–H and O–H groups in total. The van der Waals surface area contributed by atoms with Gasteiger partial charge < -0.3 is 4.74 Å². The smallest absolute Gasteiger partial charge is 0.384 e. The number of methoxy groups -OCH3 is 1. The Morgan fingerprint density at radius 1 is 1.33 bits per heavy atom. The first-order valence-electron chi connectivity index (χ1n) is 6.35. The molecule has 0 amide bonds. The summed E-state index contributed by atoms with van der Waals surface area (Å²) in [7, 11) is 1.51. The Morgan fingerprint density at radius 3 is 2.67 bits per heavy atom. The van der Waals surface area contributed by atoms with Crippen LogP contribution in [0.3, 0.4) is 0 Å². The van der Waals surface area contributed by atoms with Crippen LogP contribution in [-0.4, -0.2) is 44.4 Å². The molecule has 9 heteroatoms. The fourth-order valence-electron chi connectivity index (χ4n) is 1.84. The average molecular weight is 303 g/mol. The van der Waals surface area contributed by atoms with E-state index in [1.165, 1.54) is 11.8 Å². The first-order chi connectivity index (χ1) is 9.87. The van der Waals surface area contributed by atoms with Gasteiger partial charge >= 0.3 is 6.18 Å². The van der Waals surface area contributed by atoms with E-state index in [0.717, 1.165) is 10.2 Å². The third-order valence-corrected chi connectivity index (χ3v) is 2.72. The molecule has 0 unspecified atom stereocenters. The third-order valence-electron chi connectivity index (χ3n) is 2.72. The number of ether oxygens (including phenoxy) is 1. The van der Waals surface area contributed by atoms with Gasteiger partial charge in [-0.2, -0.15) is 23.4 Å². The average Bonchev–Trinajstić information content (AvgIpc) is 2.93. The second-order valence-corrected chi connectivity index (χ2v) is 4.68. The van der Waals surface area contributed by atoms with Crippen LogP contribution in [0.5, 0.6) is 0 Å². The molecule has 0 atom stereocenters. The monoisotopic (exact) mass is 303 g/mol. The molecule has 0 bridgehead atoms. The minimum Gasteiger partial charge on any atom is -0.384 e. The van der Waals surface area contributed by atoms with Gasteiger partial charge in [0.05, 0.1) is 12.8 Å². The SMILES string of the molecule is COCCc1nc(Cn2cc(C)cn2)n(CC(F)(F)F)n1. The summed E-state index contributed by atoms with van der Waals surface area (Å²) < 4.78 is 45.1. The molecular formula is C12H16F3N5O. The molecule has 0 fully saturated rings. The Balaban J connectivity index is 2.21. The van der Waals surface area contributed by atoms with Gasteiger partial charge in [0.15, 0.2) is 5.82 Å². The lowest BCUT2D eigenvalue weighted by Gasteiger charge is -2.08. The molecule has 2 aromatic rings. The van der Waals surface area contributed by atoms with Crippen LogP contribution in [-0.2, 0) is 24.2 Å². The van der Waals surface area contributed by atoms with E-state index in [0.29, 0.717) is 18.9 Å².